The van der Waals surface area contributed by atoms with Crippen LogP contribution in [0.1, 0.15) is 19.3 Å². The highest BCUT2D eigenvalue weighted by molar-refractivity contribution is 5.79. The molecule has 0 saturated heterocycles. The van der Waals surface area contributed by atoms with Gasteiger partial charge in [-0.2, -0.15) is 20.7 Å². The number of aromatic amines is 1. The fourth-order valence-electron chi connectivity index (χ4n) is 4.16. The number of nitrogens with zero attached hydrogens (tertiary/aromatic N) is 7. The molecule has 0 bridgehead atoms. The van der Waals surface area contributed by atoms with Crippen molar-refractivity contribution in [3.8, 4) is 34.5 Å². The first-order valence-electron chi connectivity index (χ1n) is 9.22. The summed E-state index contributed by atoms with van der Waals surface area (Å²) >= 11 is 0. The Kier molecular flexibility index (Phi) is 3.65. The van der Waals surface area contributed by atoms with Crippen molar-refractivity contribution in [2.45, 2.75) is 24.8 Å². The number of hydrogen-bond donors (Lipinski definition) is 2. The summed E-state index contributed by atoms with van der Waals surface area (Å²) in [5, 5.41) is 29.8. The van der Waals surface area contributed by atoms with E-state index in [-0.39, 0.29) is 5.92 Å². The van der Waals surface area contributed by atoms with E-state index < -0.39 is 5.54 Å². The third-order valence-corrected chi connectivity index (χ3v) is 5.69. The van der Waals surface area contributed by atoms with Crippen molar-refractivity contribution >= 4 is 11.5 Å². The van der Waals surface area contributed by atoms with Crippen LogP contribution in [0, 0.1) is 28.6 Å². The van der Waals surface area contributed by atoms with Crippen LogP contribution in [0.3, 0.4) is 0 Å². The molecule has 0 aliphatic heterocycles. The molecule has 0 spiro atoms. The predicted molar refractivity (Wildman–Crippen MR) is 105 cm³/mol. The maximum Gasteiger partial charge on any atom is 0.153 e. The van der Waals surface area contributed by atoms with E-state index in [9.17, 15) is 5.26 Å². The van der Waals surface area contributed by atoms with E-state index in [0.717, 1.165) is 28.0 Å². The van der Waals surface area contributed by atoms with Gasteiger partial charge in [-0.05, 0) is 30.5 Å². The summed E-state index contributed by atoms with van der Waals surface area (Å²) in [5.41, 5.74) is 9.87. The standard InChI is InChI=1S/C20H17N9/c21-2-1-20(7-13(8-20)9-22)29-12-15(10-26-29)17-5-14(16-11-25-27-19(16)23)6-18-24-3-4-28(17)18/h3-6,10-13H,1,7-8H2,(H3,23,25,27). The molecule has 0 atom stereocenters. The zero-order valence-electron chi connectivity index (χ0n) is 15.4. The van der Waals surface area contributed by atoms with Gasteiger partial charge in [-0.25, -0.2) is 4.98 Å². The molecule has 0 unspecified atom stereocenters. The number of nitriles is 2. The molecule has 1 aliphatic rings. The Bertz CT molecular complexity index is 1290. The lowest BCUT2D eigenvalue weighted by atomic mass is 9.67. The highest BCUT2D eigenvalue weighted by atomic mass is 15.3. The number of nitrogens with one attached hydrogen (secondary N) is 1. The first-order chi connectivity index (χ1) is 14.1. The number of anilines is 1. The summed E-state index contributed by atoms with van der Waals surface area (Å²) in [6.07, 6.45) is 10.7. The van der Waals surface area contributed by atoms with Gasteiger partial charge in [0.05, 0.1) is 41.9 Å². The number of nitrogens with two attached hydrogens (primary N) is 1. The second-order valence-corrected chi connectivity index (χ2v) is 7.44. The Balaban J connectivity index is 1.61. The number of H-pyrrole nitrogens is 1. The van der Waals surface area contributed by atoms with E-state index in [4.69, 9.17) is 11.0 Å². The number of fused-ring (bicyclic) bond motifs is 1. The average Bonchev–Trinajstić information content (AvgIpc) is 3.43. The molecule has 29 heavy (non-hydrogen) atoms. The molecule has 9 heteroatoms. The van der Waals surface area contributed by atoms with Gasteiger partial charge >= 0.3 is 0 Å². The van der Waals surface area contributed by atoms with Crippen molar-refractivity contribution in [1.29, 1.82) is 10.5 Å². The van der Waals surface area contributed by atoms with Crippen LogP contribution < -0.4 is 5.73 Å². The Hall–Kier alpha value is -4.11. The Labute approximate surface area is 166 Å². The highest BCUT2D eigenvalue weighted by Gasteiger charge is 2.46. The van der Waals surface area contributed by atoms with Crippen LogP contribution in [-0.4, -0.2) is 29.4 Å². The fraction of sp³-hybridized carbons (Fsp3) is 0.250. The van der Waals surface area contributed by atoms with Gasteiger partial charge in [0.15, 0.2) is 5.82 Å². The van der Waals surface area contributed by atoms with Crippen molar-refractivity contribution in [1.82, 2.24) is 29.4 Å². The highest BCUT2D eigenvalue weighted by Crippen LogP contribution is 2.46. The Morgan fingerprint density at radius 2 is 2.14 bits per heavy atom. The van der Waals surface area contributed by atoms with E-state index in [1.54, 1.807) is 18.6 Å². The maximum atomic E-state index is 9.29. The number of aromatic nitrogens is 6. The molecule has 1 saturated carbocycles. The smallest absolute Gasteiger partial charge is 0.153 e. The monoisotopic (exact) mass is 383 g/mol. The van der Waals surface area contributed by atoms with Gasteiger partial charge in [0.1, 0.15) is 5.65 Å². The lowest BCUT2D eigenvalue weighted by Crippen LogP contribution is -2.46. The Morgan fingerprint density at radius 3 is 2.86 bits per heavy atom. The second-order valence-electron chi connectivity index (χ2n) is 7.44. The van der Waals surface area contributed by atoms with Crippen molar-refractivity contribution in [3.05, 3.63) is 43.1 Å². The van der Waals surface area contributed by atoms with Crippen LogP contribution in [0.4, 0.5) is 5.82 Å². The minimum atomic E-state index is -0.409. The fourth-order valence-corrected chi connectivity index (χ4v) is 4.16. The number of pyridine rings is 1. The minimum Gasteiger partial charge on any atom is -0.382 e. The van der Waals surface area contributed by atoms with Crippen LogP contribution in [0.25, 0.3) is 28.0 Å². The minimum absolute atomic E-state index is 0.0243. The lowest BCUT2D eigenvalue weighted by molar-refractivity contribution is 0.0882. The third kappa shape index (κ3) is 2.56. The van der Waals surface area contributed by atoms with E-state index >= 15 is 0 Å². The van der Waals surface area contributed by atoms with Gasteiger partial charge < -0.3 is 5.73 Å². The van der Waals surface area contributed by atoms with Crippen LogP contribution in [0.15, 0.2) is 43.1 Å². The van der Waals surface area contributed by atoms with Crippen molar-refractivity contribution in [2.75, 3.05) is 5.73 Å². The molecule has 3 N–H and O–H groups in total. The van der Waals surface area contributed by atoms with Crippen LogP contribution in [0.5, 0.6) is 0 Å². The van der Waals surface area contributed by atoms with Crippen LogP contribution in [-0.2, 0) is 5.54 Å². The number of nitrogen functional groups attached to an aromatic ring is 1. The lowest BCUT2D eigenvalue weighted by Gasteiger charge is -2.43. The number of imidazole rings is 1. The summed E-state index contributed by atoms with van der Waals surface area (Å²) < 4.78 is 3.83. The molecule has 0 aromatic carbocycles. The summed E-state index contributed by atoms with van der Waals surface area (Å²) in [5.74, 6) is 0.399. The summed E-state index contributed by atoms with van der Waals surface area (Å²) in [4.78, 5) is 4.42. The van der Waals surface area contributed by atoms with Crippen LogP contribution >= 0.6 is 0 Å². The van der Waals surface area contributed by atoms with Gasteiger partial charge in [0.25, 0.3) is 0 Å². The molecule has 0 amide bonds. The maximum absolute atomic E-state index is 9.29. The largest absolute Gasteiger partial charge is 0.382 e. The third-order valence-electron chi connectivity index (χ3n) is 5.69. The Morgan fingerprint density at radius 1 is 1.28 bits per heavy atom. The van der Waals surface area contributed by atoms with Crippen molar-refractivity contribution in [3.63, 3.8) is 0 Å². The molecule has 4 heterocycles. The second kappa shape index (κ2) is 6.21. The van der Waals surface area contributed by atoms with Crippen molar-refractivity contribution < 1.29 is 0 Å². The molecule has 0 radical (unpaired) electrons. The van der Waals surface area contributed by atoms with E-state index in [1.807, 2.05) is 33.6 Å². The topological polar surface area (TPSA) is 137 Å². The molecule has 5 rings (SSSR count). The SMILES string of the molecule is N#CCC1(n2cc(-c3cc(-c4c[nH]nc4N)cc4nccn34)cn2)CC(C#N)C1. The molecule has 4 aromatic rings. The zero-order chi connectivity index (χ0) is 20.0. The quantitative estimate of drug-likeness (QED) is 0.556. The zero-order valence-corrected chi connectivity index (χ0v) is 15.4. The molecular weight excluding hydrogens is 366 g/mol. The number of hydrogen-bond acceptors (Lipinski definition) is 6. The van der Waals surface area contributed by atoms with E-state index in [0.29, 0.717) is 25.1 Å². The van der Waals surface area contributed by atoms with Gasteiger partial charge in [-0.15, -0.1) is 0 Å². The van der Waals surface area contributed by atoms with Gasteiger partial charge in [0, 0.05) is 35.9 Å². The first-order valence-corrected chi connectivity index (χ1v) is 9.22. The number of rotatable bonds is 4. The average molecular weight is 383 g/mol. The molecular formula is C20H17N9. The van der Waals surface area contributed by atoms with Crippen molar-refractivity contribution in [2.24, 2.45) is 5.92 Å². The molecule has 1 aliphatic carbocycles. The summed E-state index contributed by atoms with van der Waals surface area (Å²) in [7, 11) is 0. The molecule has 1 fully saturated rings. The van der Waals surface area contributed by atoms with E-state index in [1.165, 1.54) is 0 Å². The van der Waals surface area contributed by atoms with Gasteiger partial charge in [-0.3, -0.25) is 14.2 Å². The molecule has 142 valence electrons. The summed E-state index contributed by atoms with van der Waals surface area (Å²) in [6.45, 7) is 0. The molecule has 9 nitrogen and oxygen atoms in total. The van der Waals surface area contributed by atoms with Crippen LogP contribution in [0.2, 0.25) is 0 Å². The first kappa shape index (κ1) is 17.0. The predicted octanol–water partition coefficient (Wildman–Crippen LogP) is 2.71. The molecule has 4 aromatic heterocycles. The summed E-state index contributed by atoms with van der Waals surface area (Å²) in [6, 6.07) is 8.52. The van der Waals surface area contributed by atoms with E-state index in [2.05, 4.69) is 32.4 Å². The van der Waals surface area contributed by atoms with Gasteiger partial charge in [-0.1, -0.05) is 0 Å². The normalized spacial score (nSPS) is 20.8. The van der Waals surface area contributed by atoms with Gasteiger partial charge in [0.2, 0.25) is 0 Å².